The van der Waals surface area contributed by atoms with Crippen molar-refractivity contribution in [1.29, 1.82) is 0 Å². The van der Waals surface area contributed by atoms with Crippen LogP contribution in [-0.4, -0.2) is 9.55 Å². The monoisotopic (exact) mass is 216 g/mol. The molecular weight excluding hydrogens is 196 g/mol. The van der Waals surface area contributed by atoms with Crippen LogP contribution in [0.15, 0.2) is 24.5 Å². The Balaban J connectivity index is 2.50. The van der Waals surface area contributed by atoms with Crippen molar-refractivity contribution in [3.63, 3.8) is 0 Å². The number of rotatable bonds is 1. The molecule has 0 amide bonds. The third-order valence-corrected chi connectivity index (χ3v) is 3.55. The van der Waals surface area contributed by atoms with E-state index in [9.17, 15) is 0 Å². The number of hydrogen-bond donors (Lipinski definition) is 0. The van der Waals surface area contributed by atoms with Crippen molar-refractivity contribution < 1.29 is 0 Å². The number of aryl methyl sites for hydroxylation is 1. The second-order valence-electron chi connectivity index (χ2n) is 5.69. The fourth-order valence-corrected chi connectivity index (χ4v) is 1.91. The normalized spacial score (nSPS) is 14.3. The average molecular weight is 216 g/mol. The summed E-state index contributed by atoms with van der Waals surface area (Å²) < 4.78 is 2.08. The van der Waals surface area contributed by atoms with Crippen LogP contribution in [0.4, 0.5) is 0 Å². The molecule has 0 fully saturated rings. The number of hydrogen-bond acceptors (Lipinski definition) is 1. The first-order chi connectivity index (χ1) is 7.39. The van der Waals surface area contributed by atoms with Crippen molar-refractivity contribution in [2.24, 2.45) is 12.5 Å². The first-order valence-corrected chi connectivity index (χ1v) is 5.80. The van der Waals surface area contributed by atoms with Gasteiger partial charge in [-0.15, -0.1) is 0 Å². The van der Waals surface area contributed by atoms with E-state index in [0.717, 1.165) is 5.52 Å². The third-order valence-electron chi connectivity index (χ3n) is 3.55. The summed E-state index contributed by atoms with van der Waals surface area (Å²) in [4.78, 5) is 4.34. The maximum atomic E-state index is 4.34. The molecule has 0 saturated carbocycles. The Morgan fingerprint density at radius 2 is 1.94 bits per heavy atom. The van der Waals surface area contributed by atoms with Gasteiger partial charge in [0.15, 0.2) is 0 Å². The fourth-order valence-electron chi connectivity index (χ4n) is 1.91. The summed E-state index contributed by atoms with van der Waals surface area (Å²) in [6, 6.07) is 6.58. The highest BCUT2D eigenvalue weighted by Gasteiger charge is 2.21. The molecule has 1 heterocycles. The molecule has 0 aliphatic rings. The lowest BCUT2D eigenvalue weighted by atomic mass is 9.78. The van der Waals surface area contributed by atoms with Crippen LogP contribution in [0.5, 0.6) is 0 Å². The molecule has 2 heteroatoms. The predicted molar refractivity (Wildman–Crippen MR) is 68.6 cm³/mol. The van der Waals surface area contributed by atoms with Gasteiger partial charge >= 0.3 is 0 Å². The number of aromatic nitrogens is 2. The molecule has 2 nitrogen and oxygen atoms in total. The Kier molecular flexibility index (Phi) is 2.53. The van der Waals surface area contributed by atoms with Gasteiger partial charge in [0.25, 0.3) is 0 Å². The molecule has 0 bridgehead atoms. The first kappa shape index (κ1) is 11.2. The molecule has 0 N–H and O–H groups in total. The molecule has 1 aromatic heterocycles. The van der Waals surface area contributed by atoms with Gasteiger partial charge in [0.05, 0.1) is 17.4 Å². The molecule has 0 saturated heterocycles. The standard InChI is InChI=1S/C14H20N2/c1-10(14(2,3)4)11-6-7-12-13(8-11)16(5)9-15-12/h6-10H,1-5H3. The number of nitrogens with zero attached hydrogens (tertiary/aromatic N) is 2. The van der Waals surface area contributed by atoms with Crippen molar-refractivity contribution in [2.75, 3.05) is 0 Å². The van der Waals surface area contributed by atoms with E-state index in [2.05, 4.69) is 55.4 Å². The van der Waals surface area contributed by atoms with Crippen LogP contribution in [0.25, 0.3) is 11.0 Å². The minimum atomic E-state index is 0.298. The van der Waals surface area contributed by atoms with Crippen LogP contribution in [-0.2, 0) is 7.05 Å². The van der Waals surface area contributed by atoms with Crippen molar-refractivity contribution in [3.8, 4) is 0 Å². The zero-order chi connectivity index (χ0) is 11.9. The second kappa shape index (κ2) is 3.62. The van der Waals surface area contributed by atoms with Gasteiger partial charge in [-0.1, -0.05) is 33.8 Å². The molecule has 1 atom stereocenters. The molecule has 0 aliphatic heterocycles. The topological polar surface area (TPSA) is 17.8 Å². The summed E-state index contributed by atoms with van der Waals surface area (Å²) >= 11 is 0. The van der Waals surface area contributed by atoms with Crippen molar-refractivity contribution in [1.82, 2.24) is 9.55 Å². The quantitative estimate of drug-likeness (QED) is 0.710. The molecule has 1 aromatic carbocycles. The molecule has 16 heavy (non-hydrogen) atoms. The lowest BCUT2D eigenvalue weighted by molar-refractivity contribution is 0.340. The van der Waals surface area contributed by atoms with Crippen LogP contribution < -0.4 is 0 Å². The number of benzene rings is 1. The van der Waals surface area contributed by atoms with Gasteiger partial charge in [-0.25, -0.2) is 4.98 Å². The van der Waals surface area contributed by atoms with Crippen molar-refractivity contribution >= 4 is 11.0 Å². The largest absolute Gasteiger partial charge is 0.334 e. The van der Waals surface area contributed by atoms with E-state index in [1.165, 1.54) is 11.1 Å². The summed E-state index contributed by atoms with van der Waals surface area (Å²) in [6.07, 6.45) is 1.87. The summed E-state index contributed by atoms with van der Waals surface area (Å²) in [5.41, 5.74) is 3.98. The minimum Gasteiger partial charge on any atom is -0.334 e. The average Bonchev–Trinajstić information content (AvgIpc) is 2.58. The molecule has 0 aliphatic carbocycles. The SMILES string of the molecule is CC(c1ccc2ncn(C)c2c1)C(C)(C)C. The summed E-state index contributed by atoms with van der Waals surface area (Å²) in [5, 5.41) is 0. The van der Waals surface area contributed by atoms with E-state index in [-0.39, 0.29) is 0 Å². The summed E-state index contributed by atoms with van der Waals surface area (Å²) in [5.74, 6) is 0.548. The van der Waals surface area contributed by atoms with Gasteiger partial charge < -0.3 is 4.57 Å². The van der Waals surface area contributed by atoms with Crippen LogP contribution in [0.2, 0.25) is 0 Å². The van der Waals surface area contributed by atoms with E-state index in [1.807, 2.05) is 13.4 Å². The van der Waals surface area contributed by atoms with Gasteiger partial charge in [0.1, 0.15) is 0 Å². The van der Waals surface area contributed by atoms with E-state index in [4.69, 9.17) is 0 Å². The van der Waals surface area contributed by atoms with E-state index in [1.54, 1.807) is 0 Å². The molecule has 2 rings (SSSR count). The number of fused-ring (bicyclic) bond motifs is 1. The van der Waals surface area contributed by atoms with Gasteiger partial charge in [0.2, 0.25) is 0 Å². The highest BCUT2D eigenvalue weighted by Crippen LogP contribution is 2.35. The molecule has 0 radical (unpaired) electrons. The molecular formula is C14H20N2. The van der Waals surface area contributed by atoms with Crippen LogP contribution in [0, 0.1) is 5.41 Å². The molecule has 2 aromatic rings. The molecule has 1 unspecified atom stereocenters. The predicted octanol–water partition coefficient (Wildman–Crippen LogP) is 3.72. The first-order valence-electron chi connectivity index (χ1n) is 5.80. The Labute approximate surface area is 97.3 Å². The van der Waals surface area contributed by atoms with Crippen molar-refractivity contribution in [2.45, 2.75) is 33.6 Å². The smallest absolute Gasteiger partial charge is 0.0955 e. The zero-order valence-electron chi connectivity index (χ0n) is 10.8. The third kappa shape index (κ3) is 1.84. The molecule has 86 valence electrons. The van der Waals surface area contributed by atoms with E-state index >= 15 is 0 Å². The van der Waals surface area contributed by atoms with E-state index in [0.29, 0.717) is 11.3 Å². The zero-order valence-corrected chi connectivity index (χ0v) is 10.8. The summed E-state index contributed by atoms with van der Waals surface area (Å²) in [7, 11) is 2.04. The summed E-state index contributed by atoms with van der Waals surface area (Å²) in [6.45, 7) is 9.14. The Morgan fingerprint density at radius 1 is 1.25 bits per heavy atom. The molecule has 0 spiro atoms. The van der Waals surface area contributed by atoms with Gasteiger partial charge in [-0.3, -0.25) is 0 Å². The van der Waals surface area contributed by atoms with Gasteiger partial charge in [0, 0.05) is 7.05 Å². The fraction of sp³-hybridized carbons (Fsp3) is 0.500. The maximum Gasteiger partial charge on any atom is 0.0955 e. The van der Waals surface area contributed by atoms with Crippen LogP contribution in [0.1, 0.15) is 39.2 Å². The lowest BCUT2D eigenvalue weighted by Crippen LogP contribution is -2.15. The number of imidazole rings is 1. The second-order valence-corrected chi connectivity index (χ2v) is 5.69. The van der Waals surface area contributed by atoms with Crippen LogP contribution >= 0.6 is 0 Å². The van der Waals surface area contributed by atoms with Gasteiger partial charge in [-0.05, 0) is 29.0 Å². The Bertz CT molecular complexity index is 503. The highest BCUT2D eigenvalue weighted by molar-refractivity contribution is 5.76. The van der Waals surface area contributed by atoms with E-state index < -0.39 is 0 Å². The maximum absolute atomic E-state index is 4.34. The Hall–Kier alpha value is -1.31. The van der Waals surface area contributed by atoms with Crippen LogP contribution in [0.3, 0.4) is 0 Å². The Morgan fingerprint density at radius 3 is 2.56 bits per heavy atom. The van der Waals surface area contributed by atoms with Crippen molar-refractivity contribution in [3.05, 3.63) is 30.1 Å². The van der Waals surface area contributed by atoms with Gasteiger partial charge in [-0.2, -0.15) is 0 Å². The lowest BCUT2D eigenvalue weighted by Gasteiger charge is -2.27. The highest BCUT2D eigenvalue weighted by atomic mass is 15.0. The minimum absolute atomic E-state index is 0.298.